The molecular weight excluding hydrogens is 1700 g/mol. The number of allylic oxidation sites excluding steroid dienone is 2. The van der Waals surface area contributed by atoms with Crippen LogP contribution < -0.4 is 0 Å². The summed E-state index contributed by atoms with van der Waals surface area (Å²) in [5, 5.41) is 86.6. The van der Waals surface area contributed by atoms with Crippen molar-refractivity contribution in [2.24, 2.45) is 71.0 Å². The average molecular weight is 1850 g/mol. The highest BCUT2D eigenvalue weighted by molar-refractivity contribution is 6.74. The van der Waals surface area contributed by atoms with Crippen molar-refractivity contribution >= 4 is 41.4 Å². The van der Waals surface area contributed by atoms with E-state index < -0.39 is 26.6 Å². The lowest BCUT2D eigenvalue weighted by Crippen LogP contribution is -2.44. The second-order valence-corrected chi connectivity index (χ2v) is 50.9. The molecule has 0 aliphatic heterocycles. The van der Waals surface area contributed by atoms with Crippen LogP contribution in [0.25, 0.3) is 33.1 Å². The van der Waals surface area contributed by atoms with E-state index in [0.29, 0.717) is 71.2 Å². The molecule has 15 aliphatic rings. The second-order valence-electron chi connectivity index (χ2n) is 46.2. The molecule has 0 amide bonds. The summed E-state index contributed by atoms with van der Waals surface area (Å²) < 4.78 is 18.8. The van der Waals surface area contributed by atoms with E-state index in [1.54, 1.807) is 12.7 Å². The minimum Gasteiger partial charge on any atom is -0.414 e. The highest BCUT2D eigenvalue weighted by Gasteiger charge is 2.48. The minimum atomic E-state index is -1.73. The number of fused-ring (bicyclic) bond motifs is 13. The Balaban J connectivity index is 0.000000101. The summed E-state index contributed by atoms with van der Waals surface area (Å²) in [7, 11) is -1.73. The topological polar surface area (TPSA) is 275 Å². The molecule has 135 heavy (non-hydrogen) atoms. The van der Waals surface area contributed by atoms with Crippen LogP contribution in [-0.4, -0.2) is 124 Å². The largest absolute Gasteiger partial charge is 0.414 e. The molecule has 722 valence electrons. The summed E-state index contributed by atoms with van der Waals surface area (Å²) in [6.07, 6.45) is 73.8. The molecule has 22 heteroatoms. The highest BCUT2D eigenvalue weighted by atomic mass is 28.4. The number of hydrogen-bond acceptors (Lipinski definition) is 15. The molecule has 0 saturated heterocycles. The Morgan fingerprint density at radius 2 is 0.644 bits per heavy atom. The molecule has 0 spiro atoms. The summed E-state index contributed by atoms with van der Waals surface area (Å²) in [5.41, 5.74) is 21.0. The highest BCUT2D eigenvalue weighted by Crippen LogP contribution is 2.58. The summed E-state index contributed by atoms with van der Waals surface area (Å²) in [4.78, 5) is 25.6. The molecule has 13 unspecified atom stereocenters. The van der Waals surface area contributed by atoms with Crippen molar-refractivity contribution in [2.75, 3.05) is 0 Å². The fourth-order valence-corrected chi connectivity index (χ4v) is 27.7. The number of rotatable bonds is 20. The maximum atomic E-state index is 11.4. The molecule has 12 aromatic heterocycles. The van der Waals surface area contributed by atoms with Crippen LogP contribution in [0.2, 0.25) is 18.1 Å². The number of aromatic nitrogens is 12. The van der Waals surface area contributed by atoms with Crippen molar-refractivity contribution in [3.05, 3.63) is 228 Å². The fraction of sp³-hybridized carbons (Fsp3) is 0.611. The lowest BCUT2D eigenvalue weighted by molar-refractivity contribution is -0.00470. The van der Waals surface area contributed by atoms with E-state index in [0.717, 1.165) is 162 Å². The molecule has 13 atom stereocenters. The van der Waals surface area contributed by atoms with Gasteiger partial charge in [0.1, 0.15) is 0 Å². The first-order valence-corrected chi connectivity index (χ1v) is 55.6. The van der Waals surface area contributed by atoms with Gasteiger partial charge in [-0.2, -0.15) is 0 Å². The van der Waals surface area contributed by atoms with Crippen LogP contribution in [0.3, 0.4) is 0 Å². The Kier molecular flexibility index (Phi) is 27.8. The third-order valence-electron chi connectivity index (χ3n) is 35.6. The quantitative estimate of drug-likeness (QED) is 0.0260. The zero-order valence-electron chi connectivity index (χ0n) is 81.6. The van der Waals surface area contributed by atoms with E-state index in [9.17, 15) is 40.9 Å². The first kappa shape index (κ1) is 94.3. The van der Waals surface area contributed by atoms with Gasteiger partial charge in [-0.1, -0.05) is 79.9 Å². The summed E-state index contributed by atoms with van der Waals surface area (Å²) in [6.45, 7) is 20.3. The van der Waals surface area contributed by atoms with Gasteiger partial charge in [-0.05, 0) is 381 Å². The molecule has 13 saturated carbocycles. The zero-order valence-corrected chi connectivity index (χ0v) is 82.6. The number of hydrogen-bond donors (Lipinski definition) is 8. The Hall–Kier alpha value is -8.26. The number of pyridine rings is 6. The predicted molar refractivity (Wildman–Crippen MR) is 533 cm³/mol. The van der Waals surface area contributed by atoms with Crippen LogP contribution >= 0.6 is 0 Å². The van der Waals surface area contributed by atoms with Gasteiger partial charge in [0.05, 0.1) is 157 Å². The number of aliphatic hydroxyl groups excluding tert-OH is 8. The van der Waals surface area contributed by atoms with Gasteiger partial charge in [-0.25, -0.2) is 29.9 Å². The summed E-state index contributed by atoms with van der Waals surface area (Å²) >= 11 is 0. The first-order chi connectivity index (χ1) is 65.3. The normalized spacial score (nSPS) is 28.5. The van der Waals surface area contributed by atoms with Gasteiger partial charge in [0.2, 0.25) is 0 Å². The van der Waals surface area contributed by atoms with Gasteiger partial charge in [0.15, 0.2) is 8.32 Å². The third kappa shape index (κ3) is 19.9. The minimum absolute atomic E-state index is 0.179. The van der Waals surface area contributed by atoms with Gasteiger partial charge in [-0.15, -0.1) is 0 Å². The van der Waals surface area contributed by atoms with E-state index in [2.05, 4.69) is 184 Å². The number of imidazole rings is 6. The maximum Gasteiger partial charge on any atom is 0.192 e. The lowest BCUT2D eigenvalue weighted by atomic mass is 9.62. The van der Waals surface area contributed by atoms with Gasteiger partial charge in [0, 0.05) is 76.7 Å². The molecule has 27 rings (SSSR count). The number of nitrogens with zero attached hydrogens (tertiary/aromatic N) is 12. The van der Waals surface area contributed by atoms with E-state index in [-0.39, 0.29) is 53.3 Å². The summed E-state index contributed by atoms with van der Waals surface area (Å²) in [5.74, 6) is 9.90. The molecule has 0 radical (unpaired) electrons. The molecule has 12 aromatic rings. The van der Waals surface area contributed by atoms with Gasteiger partial charge in [0.25, 0.3) is 0 Å². The Morgan fingerprint density at radius 1 is 0.326 bits per heavy atom. The molecule has 0 aromatic carbocycles. The molecule has 12 heterocycles. The van der Waals surface area contributed by atoms with E-state index in [1.165, 1.54) is 167 Å². The van der Waals surface area contributed by atoms with Crippen molar-refractivity contribution in [1.82, 2.24) is 56.3 Å². The van der Waals surface area contributed by atoms with Crippen molar-refractivity contribution in [2.45, 2.75) is 363 Å². The molecule has 15 aliphatic carbocycles. The average Bonchev–Trinajstić information content (AvgIpc) is 1.69. The molecule has 6 bridgehead atoms. The van der Waals surface area contributed by atoms with E-state index in [1.807, 2.05) is 81.9 Å². The Bertz CT molecular complexity index is 5960. The van der Waals surface area contributed by atoms with Crippen molar-refractivity contribution in [3.8, 4) is 0 Å². The van der Waals surface area contributed by atoms with E-state index in [4.69, 9.17) is 4.43 Å². The van der Waals surface area contributed by atoms with Gasteiger partial charge >= 0.3 is 0 Å². The maximum absolute atomic E-state index is 11.4. The molecule has 8 N–H and O–H groups in total. The smallest absolute Gasteiger partial charge is 0.192 e. The van der Waals surface area contributed by atoms with Crippen LogP contribution in [-0.2, 0) is 4.43 Å². The van der Waals surface area contributed by atoms with Crippen LogP contribution in [0, 0.1) is 71.0 Å². The Labute approximate surface area is 799 Å². The van der Waals surface area contributed by atoms with Crippen LogP contribution in [0.1, 0.15) is 393 Å². The van der Waals surface area contributed by atoms with Crippen molar-refractivity contribution in [3.63, 3.8) is 0 Å². The van der Waals surface area contributed by atoms with Gasteiger partial charge in [-0.3, -0.25) is 0 Å². The monoisotopic (exact) mass is 1850 g/mol. The van der Waals surface area contributed by atoms with Crippen LogP contribution in [0.15, 0.2) is 161 Å². The SMILES string of the molecule is CC(C)c1ccn2cncc2c1C(O)C1CCC(O)CC1.CC(C)c1ccn2cncc2c1C(O)C1CCC(O[Si](C)(C)C(C)(C)C)CC1.OC(c1c(C2CC2)ccn2cncc12)C1CC2C=CC1CC2.OC(c1c(C2CC2)ccn2cncc12)C1CC2CCC1C2.OC(c1c(C2CC2)ccn2cncc12)C1CC2CCC1CC2.OC1CCC(C(O)c2c(C3CC3)ccn3cncc23)CC1. The van der Waals surface area contributed by atoms with Crippen LogP contribution in [0.4, 0.5) is 0 Å². The predicted octanol–water partition coefficient (Wildman–Crippen LogP) is 23.5. The molecular formula is C113H152N12O9Si. The first-order valence-electron chi connectivity index (χ1n) is 52.7. The fourth-order valence-electron chi connectivity index (χ4n) is 26.3. The van der Waals surface area contributed by atoms with Crippen molar-refractivity contribution in [1.29, 1.82) is 0 Å². The summed E-state index contributed by atoms with van der Waals surface area (Å²) in [6, 6.07) is 13.0. The second kappa shape index (κ2) is 39.8. The van der Waals surface area contributed by atoms with Gasteiger partial charge < -0.3 is 71.7 Å². The zero-order chi connectivity index (χ0) is 93.4. The lowest BCUT2D eigenvalue weighted by Gasteiger charge is -2.44. The molecule has 13 fully saturated rings. The van der Waals surface area contributed by atoms with Crippen molar-refractivity contribution < 1.29 is 45.3 Å². The molecule has 21 nitrogen and oxygen atoms in total. The third-order valence-corrected chi connectivity index (χ3v) is 40.2. The number of aliphatic hydroxyl groups is 8. The Morgan fingerprint density at radius 3 is 0.948 bits per heavy atom. The van der Waals surface area contributed by atoms with Crippen LogP contribution in [0.5, 0.6) is 0 Å². The standard InChI is InChI=1S/C23H38N2O2Si.C19H24N2O.C19H22N2O.C18H22N2O.C17H22N2O2.C17H24N2O2/c1-16(2)19-12-13-25-15-24-14-20(25)21(19)22(26)17-8-10-18(11-9-17)27-28(6,7)23(3,4)5;2*22-19(16-9-12-1-3-14(16)4-2-12)18-15(13-5-6-13)7-8-21-11-20-10-17(18)21;21-18(15-8-11-1-2-13(15)7-11)17-14(12-3-4-12)5-6-20-10-19-9-16(17)20;20-13-5-3-12(4-6-13)17(21)16-14(11-1-2-11)7-8-19-10-18-9-15(16)19;1-11(2)14-7-8-19-10-18-9-15(19)16(14)17(21)12-3-5-13(20)6-4-12/h12-18,22,26H,8-11H2,1-7H3;7-8,10-14,16,19,22H,1-6,9H2;1,3,7-8,10-14,16,19,22H,2,4-6,9H2;5-6,9-13,15,18,21H,1-4,7-8H2;7-13,17,20-21H,1-6H2;7-13,17,20-21H,3-6H2,1-2H3. The van der Waals surface area contributed by atoms with E-state index >= 15 is 0 Å².